The van der Waals surface area contributed by atoms with Crippen molar-refractivity contribution >= 4 is 36.5 Å². The Kier molecular flexibility index (Phi) is 14.0. The first-order valence-electron chi connectivity index (χ1n) is 10.2. The highest BCUT2D eigenvalue weighted by atomic mass is 35.5. The normalized spacial score (nSPS) is 12.7. The van der Waals surface area contributed by atoms with E-state index in [2.05, 4.69) is 15.4 Å². The number of nitrogens with zero attached hydrogens (tertiary/aromatic N) is 1. The molecule has 0 fully saturated rings. The Hall–Kier alpha value is -2.20. The van der Waals surface area contributed by atoms with E-state index in [4.69, 9.17) is 4.74 Å². The van der Waals surface area contributed by atoms with Gasteiger partial charge in [-0.2, -0.15) is 13.2 Å². The third-order valence-electron chi connectivity index (χ3n) is 4.86. The van der Waals surface area contributed by atoms with Crippen molar-refractivity contribution < 1.29 is 27.4 Å². The van der Waals surface area contributed by atoms with E-state index in [1.165, 1.54) is 13.2 Å². The van der Waals surface area contributed by atoms with Gasteiger partial charge in [-0.05, 0) is 63.3 Å². The number of alkyl halides is 3. The number of esters is 1. The van der Waals surface area contributed by atoms with E-state index in [1.54, 1.807) is 18.2 Å². The first-order chi connectivity index (χ1) is 15.1. The van der Waals surface area contributed by atoms with Crippen LogP contribution in [0.1, 0.15) is 18.1 Å². The third-order valence-corrected chi connectivity index (χ3v) is 4.86. The van der Waals surface area contributed by atoms with Gasteiger partial charge in [0.1, 0.15) is 5.75 Å². The Morgan fingerprint density at radius 2 is 1.74 bits per heavy atom. The smallest absolute Gasteiger partial charge is 0.416 e. The topological polar surface area (TPSA) is 62.8 Å². The van der Waals surface area contributed by atoms with E-state index < -0.39 is 17.7 Å². The molecule has 0 aliphatic carbocycles. The summed E-state index contributed by atoms with van der Waals surface area (Å²) < 4.78 is 48.8. The molecule has 0 aliphatic rings. The highest BCUT2D eigenvalue weighted by Crippen LogP contribution is 2.30. The molecule has 0 aliphatic heterocycles. The van der Waals surface area contributed by atoms with E-state index in [0.29, 0.717) is 18.0 Å². The molecular weight excluding hydrogens is 494 g/mol. The summed E-state index contributed by atoms with van der Waals surface area (Å²) in [7, 11) is 5.04. The lowest BCUT2D eigenvalue weighted by Crippen LogP contribution is -2.46. The average Bonchev–Trinajstić information content (AvgIpc) is 2.75. The molecule has 0 heterocycles. The van der Waals surface area contributed by atoms with E-state index in [9.17, 15) is 18.0 Å². The molecule has 6 nitrogen and oxygen atoms in total. The number of ether oxygens (including phenoxy) is 2. The molecule has 2 unspecified atom stereocenters. The molecular formula is C23H32Cl2F3N3O3. The number of rotatable bonds is 11. The molecule has 0 saturated carbocycles. The van der Waals surface area contributed by atoms with Crippen molar-refractivity contribution in [3.63, 3.8) is 0 Å². The predicted molar refractivity (Wildman–Crippen MR) is 132 cm³/mol. The first-order valence-corrected chi connectivity index (χ1v) is 10.2. The number of carbonyl (C=O) groups is 1. The summed E-state index contributed by atoms with van der Waals surface area (Å²) >= 11 is 0. The Morgan fingerprint density at radius 3 is 2.29 bits per heavy atom. The van der Waals surface area contributed by atoms with Crippen molar-refractivity contribution in [3.05, 3.63) is 59.7 Å². The largest absolute Gasteiger partial charge is 0.482 e. The lowest BCUT2D eigenvalue weighted by molar-refractivity contribution is -0.143. The number of nitrogens with one attached hydrogen (secondary N) is 2. The SMILES string of the molecule is COC(=O)COc1ccc(CC(C)NCC(Nc2cccc(C(F)(F)F)c2)N(C)C)cc1.Cl.Cl. The fraction of sp³-hybridized carbons (Fsp3) is 0.435. The van der Waals surface area contributed by atoms with Gasteiger partial charge in [-0.1, -0.05) is 18.2 Å². The molecule has 0 spiro atoms. The number of hydrogen-bond donors (Lipinski definition) is 2. The zero-order chi connectivity index (χ0) is 23.7. The molecule has 2 N–H and O–H groups in total. The van der Waals surface area contributed by atoms with Crippen LogP contribution in [0.4, 0.5) is 18.9 Å². The van der Waals surface area contributed by atoms with Gasteiger partial charge in [0.05, 0.1) is 18.8 Å². The quantitative estimate of drug-likeness (QED) is 0.329. The van der Waals surface area contributed by atoms with E-state index in [-0.39, 0.29) is 43.6 Å². The molecule has 0 saturated heterocycles. The Morgan fingerprint density at radius 1 is 1.09 bits per heavy atom. The van der Waals surface area contributed by atoms with Crippen LogP contribution in [-0.2, 0) is 22.1 Å². The van der Waals surface area contributed by atoms with Gasteiger partial charge in [-0.25, -0.2) is 4.79 Å². The zero-order valence-corrected chi connectivity index (χ0v) is 21.2. The van der Waals surface area contributed by atoms with E-state index in [0.717, 1.165) is 24.1 Å². The fourth-order valence-corrected chi connectivity index (χ4v) is 3.00. The predicted octanol–water partition coefficient (Wildman–Crippen LogP) is 4.62. The van der Waals surface area contributed by atoms with Crippen molar-refractivity contribution in [2.75, 3.05) is 39.7 Å². The standard InChI is InChI=1S/C23H30F3N3O3.2ClH/c1-16(12-17-8-10-20(11-9-17)32-15-22(30)31-4)27-14-21(29(2)3)28-19-7-5-6-18(13-19)23(24,25)26;;/h5-11,13,16,21,27-28H,12,14-15H2,1-4H3;2*1H. The Bertz CT molecular complexity index is 869. The summed E-state index contributed by atoms with van der Waals surface area (Å²) in [6.07, 6.45) is -3.83. The van der Waals surface area contributed by atoms with Crippen LogP contribution < -0.4 is 15.4 Å². The minimum atomic E-state index is -4.38. The molecule has 2 aromatic carbocycles. The van der Waals surface area contributed by atoms with Crippen LogP contribution in [0.15, 0.2) is 48.5 Å². The molecule has 2 aromatic rings. The number of methoxy groups -OCH3 is 1. The van der Waals surface area contributed by atoms with Crippen molar-refractivity contribution in [3.8, 4) is 5.75 Å². The second-order valence-electron chi connectivity index (χ2n) is 7.72. The van der Waals surface area contributed by atoms with Gasteiger partial charge in [-0.15, -0.1) is 24.8 Å². The third kappa shape index (κ3) is 10.8. The Balaban J connectivity index is 0.00000544. The molecule has 192 valence electrons. The second kappa shape index (κ2) is 14.9. The number of benzene rings is 2. The van der Waals surface area contributed by atoms with Gasteiger partial charge in [-0.3, -0.25) is 4.90 Å². The number of hydrogen-bond acceptors (Lipinski definition) is 6. The van der Waals surface area contributed by atoms with Crippen molar-refractivity contribution in [2.24, 2.45) is 0 Å². The maximum atomic E-state index is 13.0. The van der Waals surface area contributed by atoms with Gasteiger partial charge >= 0.3 is 12.1 Å². The maximum Gasteiger partial charge on any atom is 0.416 e. The van der Waals surface area contributed by atoms with Gasteiger partial charge in [0.25, 0.3) is 0 Å². The van der Waals surface area contributed by atoms with E-state index in [1.807, 2.05) is 38.1 Å². The van der Waals surface area contributed by atoms with Crippen LogP contribution in [-0.4, -0.2) is 57.4 Å². The zero-order valence-electron chi connectivity index (χ0n) is 19.5. The number of carbonyl (C=O) groups excluding carboxylic acids is 1. The lowest BCUT2D eigenvalue weighted by atomic mass is 10.1. The van der Waals surface area contributed by atoms with Gasteiger partial charge < -0.3 is 20.1 Å². The molecule has 0 radical (unpaired) electrons. The number of anilines is 1. The van der Waals surface area contributed by atoms with Gasteiger partial charge in [0.15, 0.2) is 6.61 Å². The Labute approximate surface area is 211 Å². The minimum Gasteiger partial charge on any atom is -0.482 e. The highest BCUT2D eigenvalue weighted by molar-refractivity contribution is 5.85. The van der Waals surface area contributed by atoms with E-state index >= 15 is 0 Å². The number of halogens is 5. The van der Waals surface area contributed by atoms with Crippen molar-refractivity contribution in [2.45, 2.75) is 31.7 Å². The van der Waals surface area contributed by atoms with Gasteiger partial charge in [0, 0.05) is 18.3 Å². The molecule has 0 aromatic heterocycles. The second-order valence-corrected chi connectivity index (χ2v) is 7.72. The molecule has 0 bridgehead atoms. The van der Waals surface area contributed by atoms with Crippen molar-refractivity contribution in [1.82, 2.24) is 10.2 Å². The highest BCUT2D eigenvalue weighted by Gasteiger charge is 2.30. The summed E-state index contributed by atoms with van der Waals surface area (Å²) in [4.78, 5) is 13.0. The number of likely N-dealkylation sites (N-methyl/N-ethyl adjacent to an activating group) is 1. The molecule has 2 atom stereocenters. The lowest BCUT2D eigenvalue weighted by Gasteiger charge is -2.28. The molecule has 0 amide bonds. The minimum absolute atomic E-state index is 0. The van der Waals surface area contributed by atoms with Crippen LogP contribution >= 0.6 is 24.8 Å². The van der Waals surface area contributed by atoms with Gasteiger partial charge in [0.2, 0.25) is 0 Å². The van der Waals surface area contributed by atoms with Crippen LogP contribution in [0.3, 0.4) is 0 Å². The molecule has 11 heteroatoms. The summed E-state index contributed by atoms with van der Waals surface area (Å²) in [5.41, 5.74) is 0.818. The monoisotopic (exact) mass is 525 g/mol. The van der Waals surface area contributed by atoms with Crippen LogP contribution in [0.5, 0.6) is 5.75 Å². The summed E-state index contributed by atoms with van der Waals surface area (Å²) in [6, 6.07) is 12.8. The van der Waals surface area contributed by atoms with Crippen molar-refractivity contribution in [1.29, 1.82) is 0 Å². The first kappa shape index (κ1) is 31.8. The maximum absolute atomic E-state index is 13.0. The fourth-order valence-electron chi connectivity index (χ4n) is 3.00. The molecule has 2 rings (SSSR count). The summed E-state index contributed by atoms with van der Waals surface area (Å²) in [5.74, 6) is 0.138. The average molecular weight is 526 g/mol. The molecule has 34 heavy (non-hydrogen) atoms. The van der Waals surface area contributed by atoms with Crippen LogP contribution in [0.25, 0.3) is 0 Å². The summed E-state index contributed by atoms with van der Waals surface area (Å²) in [5, 5.41) is 6.58. The van der Waals surface area contributed by atoms with Crippen LogP contribution in [0, 0.1) is 0 Å². The summed E-state index contributed by atoms with van der Waals surface area (Å²) in [6.45, 7) is 2.43. The van der Waals surface area contributed by atoms with Crippen LogP contribution in [0.2, 0.25) is 0 Å².